The number of Topliss-reactive ketones (excluding diaryl/α,β-unsaturated/α-hetero) is 1. The van der Waals surface area contributed by atoms with Gasteiger partial charge in [0.25, 0.3) is 11.7 Å². The number of hydrogen-bond donors (Lipinski definition) is 2. The maximum Gasteiger partial charge on any atom is 0.338 e. The Bertz CT molecular complexity index is 1390. The van der Waals surface area contributed by atoms with Gasteiger partial charge in [-0.1, -0.05) is 18.2 Å². The van der Waals surface area contributed by atoms with Crippen LogP contribution in [0.5, 0.6) is 5.75 Å². The van der Waals surface area contributed by atoms with E-state index in [2.05, 4.69) is 0 Å². The van der Waals surface area contributed by atoms with Gasteiger partial charge in [-0.3, -0.25) is 14.5 Å². The number of aromatic hydroxyl groups is 1. The first-order valence-corrected chi connectivity index (χ1v) is 11.3. The Morgan fingerprint density at radius 3 is 2.33 bits per heavy atom. The molecular weight excluding hydrogens is 465 g/mol. The van der Waals surface area contributed by atoms with Gasteiger partial charge >= 0.3 is 5.97 Å². The molecule has 0 spiro atoms. The van der Waals surface area contributed by atoms with Crippen LogP contribution in [0.3, 0.4) is 0 Å². The molecule has 36 heavy (non-hydrogen) atoms. The highest BCUT2D eigenvalue weighted by atomic mass is 19.1. The van der Waals surface area contributed by atoms with Gasteiger partial charge < -0.3 is 14.9 Å². The van der Waals surface area contributed by atoms with Crippen molar-refractivity contribution in [2.24, 2.45) is 0 Å². The van der Waals surface area contributed by atoms with Gasteiger partial charge in [-0.05, 0) is 80.4 Å². The molecule has 1 unspecified atom stereocenters. The molecule has 0 radical (unpaired) electrons. The molecule has 1 saturated heterocycles. The van der Waals surface area contributed by atoms with E-state index in [4.69, 9.17) is 4.74 Å². The molecule has 4 rings (SSSR count). The van der Waals surface area contributed by atoms with Gasteiger partial charge in [0.05, 0.1) is 23.3 Å². The topological polar surface area (TPSA) is 104 Å². The summed E-state index contributed by atoms with van der Waals surface area (Å²) in [6.07, 6.45) is -0.355. The number of aryl methyl sites for hydroxylation is 1. The molecule has 1 aliphatic heterocycles. The largest absolute Gasteiger partial charge is 0.508 e. The van der Waals surface area contributed by atoms with E-state index in [1.807, 2.05) is 0 Å². The fourth-order valence-electron chi connectivity index (χ4n) is 4.08. The summed E-state index contributed by atoms with van der Waals surface area (Å²) >= 11 is 0. The monoisotopic (exact) mass is 489 g/mol. The first-order chi connectivity index (χ1) is 17.1. The summed E-state index contributed by atoms with van der Waals surface area (Å²) in [7, 11) is 0. The number of benzene rings is 3. The minimum atomic E-state index is -1.08. The van der Waals surface area contributed by atoms with Crippen LogP contribution in [0.15, 0.2) is 72.3 Å². The van der Waals surface area contributed by atoms with Crippen LogP contribution in [-0.2, 0) is 14.3 Å². The number of carbonyl (C=O) groups excluding carboxylic acids is 3. The van der Waals surface area contributed by atoms with Crippen LogP contribution in [-0.4, -0.2) is 34.0 Å². The number of aliphatic hydroxyl groups excluding tert-OH is 1. The number of nitrogens with zero attached hydrogens (tertiary/aromatic N) is 1. The van der Waals surface area contributed by atoms with Crippen molar-refractivity contribution in [3.05, 3.63) is 100 Å². The normalized spacial score (nSPS) is 17.0. The van der Waals surface area contributed by atoms with E-state index in [1.54, 1.807) is 26.0 Å². The summed E-state index contributed by atoms with van der Waals surface area (Å²) in [4.78, 5) is 40.2. The second-order valence-corrected chi connectivity index (χ2v) is 8.73. The molecule has 8 heteroatoms. The van der Waals surface area contributed by atoms with E-state index in [-0.39, 0.29) is 39.8 Å². The first kappa shape index (κ1) is 24.7. The number of carbonyl (C=O) groups is 3. The standard InChI is InChI=1S/C28H24FNO6/c1-15(2)36-28(35)19-5-4-6-20(14-19)30-24(17-7-10-21(31)11-8-17)23(26(33)27(30)34)25(32)18-9-12-22(29)16(3)13-18/h4-15,24,31-32H,1-3H3/b25-23+. The van der Waals surface area contributed by atoms with E-state index in [0.29, 0.717) is 5.56 Å². The number of anilines is 1. The second-order valence-electron chi connectivity index (χ2n) is 8.73. The van der Waals surface area contributed by atoms with Gasteiger partial charge in [0, 0.05) is 11.3 Å². The van der Waals surface area contributed by atoms with Crippen LogP contribution in [0, 0.1) is 12.7 Å². The van der Waals surface area contributed by atoms with E-state index < -0.39 is 35.3 Å². The van der Waals surface area contributed by atoms with Gasteiger partial charge in [-0.15, -0.1) is 0 Å². The number of phenols is 1. The summed E-state index contributed by atoms with van der Waals surface area (Å²) in [6.45, 7) is 4.94. The van der Waals surface area contributed by atoms with Crippen molar-refractivity contribution in [1.82, 2.24) is 0 Å². The third-order valence-corrected chi connectivity index (χ3v) is 5.79. The highest BCUT2D eigenvalue weighted by molar-refractivity contribution is 6.51. The van der Waals surface area contributed by atoms with Crippen molar-refractivity contribution in [2.75, 3.05) is 4.90 Å². The van der Waals surface area contributed by atoms with E-state index >= 15 is 0 Å². The van der Waals surface area contributed by atoms with Gasteiger partial charge in [0.15, 0.2) is 0 Å². The summed E-state index contributed by atoms with van der Waals surface area (Å²) < 4.78 is 19.1. The van der Waals surface area contributed by atoms with Crippen LogP contribution in [0.1, 0.15) is 46.9 Å². The third-order valence-electron chi connectivity index (χ3n) is 5.79. The lowest BCUT2D eigenvalue weighted by atomic mass is 9.94. The fourth-order valence-corrected chi connectivity index (χ4v) is 4.08. The minimum Gasteiger partial charge on any atom is -0.508 e. The SMILES string of the molecule is Cc1cc(/C(O)=C2\C(=O)C(=O)N(c3cccc(C(=O)OC(C)C)c3)C2c2ccc(O)cc2)ccc1F. The Morgan fingerprint density at radius 2 is 1.69 bits per heavy atom. The molecule has 2 N–H and O–H groups in total. The molecular formula is C28H24FNO6. The molecule has 0 bridgehead atoms. The minimum absolute atomic E-state index is 0.0247. The van der Waals surface area contributed by atoms with Crippen molar-refractivity contribution in [1.29, 1.82) is 0 Å². The molecule has 0 aromatic heterocycles. The zero-order valence-electron chi connectivity index (χ0n) is 19.9. The summed E-state index contributed by atoms with van der Waals surface area (Å²) in [5, 5.41) is 20.9. The highest BCUT2D eigenvalue weighted by Crippen LogP contribution is 2.42. The smallest absolute Gasteiger partial charge is 0.338 e. The lowest BCUT2D eigenvalue weighted by Crippen LogP contribution is -2.29. The molecule has 0 aliphatic carbocycles. The maximum absolute atomic E-state index is 13.8. The number of ketones is 1. The molecule has 1 heterocycles. The molecule has 0 saturated carbocycles. The fraction of sp³-hybridized carbons (Fsp3) is 0.179. The maximum atomic E-state index is 13.8. The molecule has 184 valence electrons. The van der Waals surface area contributed by atoms with Gasteiger partial charge in [0.2, 0.25) is 0 Å². The summed E-state index contributed by atoms with van der Waals surface area (Å²) in [5.41, 5.74) is 1.08. The third kappa shape index (κ3) is 4.57. The van der Waals surface area contributed by atoms with E-state index in [9.17, 15) is 29.0 Å². The average molecular weight is 489 g/mol. The molecule has 1 fully saturated rings. The molecule has 1 atom stereocenters. The zero-order chi connectivity index (χ0) is 26.1. The van der Waals surface area contributed by atoms with E-state index in [1.165, 1.54) is 66.4 Å². The number of ether oxygens (including phenoxy) is 1. The number of halogens is 1. The van der Waals surface area contributed by atoms with Crippen LogP contribution in [0.2, 0.25) is 0 Å². The predicted octanol–water partition coefficient (Wildman–Crippen LogP) is 5.03. The van der Waals surface area contributed by atoms with Crippen LogP contribution in [0.25, 0.3) is 5.76 Å². The first-order valence-electron chi connectivity index (χ1n) is 11.3. The number of phenolic OH excluding ortho intramolecular Hbond substituents is 1. The number of rotatable bonds is 5. The van der Waals surface area contributed by atoms with Gasteiger partial charge in [0.1, 0.15) is 17.3 Å². The molecule has 1 amide bonds. The second kappa shape index (κ2) is 9.65. The number of esters is 1. The predicted molar refractivity (Wildman–Crippen MR) is 131 cm³/mol. The Balaban J connectivity index is 1.90. The van der Waals surface area contributed by atoms with Gasteiger partial charge in [-0.2, -0.15) is 0 Å². The van der Waals surface area contributed by atoms with Crippen molar-refractivity contribution in [2.45, 2.75) is 32.9 Å². The van der Waals surface area contributed by atoms with E-state index in [0.717, 1.165) is 0 Å². The Labute approximate surface area is 207 Å². The Hall–Kier alpha value is -4.46. The van der Waals surface area contributed by atoms with Gasteiger partial charge in [-0.25, -0.2) is 9.18 Å². The van der Waals surface area contributed by atoms with Crippen molar-refractivity contribution in [3.8, 4) is 5.75 Å². The highest BCUT2D eigenvalue weighted by Gasteiger charge is 2.47. The molecule has 3 aromatic rings. The van der Waals surface area contributed by atoms with Crippen LogP contribution < -0.4 is 4.90 Å². The number of amides is 1. The molecule has 3 aromatic carbocycles. The van der Waals surface area contributed by atoms with Crippen LogP contribution in [0.4, 0.5) is 10.1 Å². The quantitative estimate of drug-likeness (QED) is 0.225. The van der Waals surface area contributed by atoms with Crippen molar-refractivity contribution >= 4 is 29.1 Å². The van der Waals surface area contributed by atoms with Crippen molar-refractivity contribution in [3.63, 3.8) is 0 Å². The summed E-state index contributed by atoms with van der Waals surface area (Å²) in [6, 6.07) is 14.7. The van der Waals surface area contributed by atoms with Crippen LogP contribution >= 0.6 is 0 Å². The number of aliphatic hydroxyl groups is 1. The zero-order valence-corrected chi connectivity index (χ0v) is 19.9. The Morgan fingerprint density at radius 1 is 1.00 bits per heavy atom. The number of hydrogen-bond acceptors (Lipinski definition) is 6. The summed E-state index contributed by atoms with van der Waals surface area (Å²) in [5.74, 6) is -3.42. The average Bonchev–Trinajstić information content (AvgIpc) is 3.11. The lowest BCUT2D eigenvalue weighted by Gasteiger charge is -2.26. The lowest BCUT2D eigenvalue weighted by molar-refractivity contribution is -0.132. The van der Waals surface area contributed by atoms with Crippen molar-refractivity contribution < 1.29 is 33.7 Å². The Kier molecular flexibility index (Phi) is 6.61. The molecule has 1 aliphatic rings. The molecule has 7 nitrogen and oxygen atoms in total.